The van der Waals surface area contributed by atoms with E-state index in [0.717, 1.165) is 55.6 Å². The summed E-state index contributed by atoms with van der Waals surface area (Å²) in [5, 5.41) is 37.9. The van der Waals surface area contributed by atoms with Gasteiger partial charge in [0.05, 0.1) is 0 Å². The largest absolute Gasteiger partial charge is 0.508 e. The van der Waals surface area contributed by atoms with Crippen molar-refractivity contribution in [2.45, 2.75) is 41.5 Å². The van der Waals surface area contributed by atoms with Gasteiger partial charge in [0.1, 0.15) is 23.0 Å². The Bertz CT molecular complexity index is 1200. The minimum Gasteiger partial charge on any atom is -0.508 e. The predicted molar refractivity (Wildman–Crippen MR) is 139 cm³/mol. The Labute approximate surface area is 201 Å². The van der Waals surface area contributed by atoms with Gasteiger partial charge >= 0.3 is 0 Å². The van der Waals surface area contributed by atoms with Crippen LogP contribution in [0.25, 0.3) is 22.3 Å². The van der Waals surface area contributed by atoms with Crippen LogP contribution >= 0.6 is 0 Å². The van der Waals surface area contributed by atoms with Crippen LogP contribution in [0.3, 0.4) is 0 Å². The number of benzene rings is 4. The Morgan fingerprint density at radius 2 is 0.618 bits per heavy atom. The first-order valence-corrected chi connectivity index (χ1v) is 11.2. The highest BCUT2D eigenvalue weighted by molar-refractivity contribution is 5.78. The fourth-order valence-corrected chi connectivity index (χ4v) is 4.57. The van der Waals surface area contributed by atoms with Gasteiger partial charge in [0.15, 0.2) is 0 Å². The molecule has 0 aliphatic heterocycles. The van der Waals surface area contributed by atoms with Gasteiger partial charge in [0, 0.05) is 0 Å². The summed E-state index contributed by atoms with van der Waals surface area (Å²) in [7, 11) is 0. The molecule has 0 fully saturated rings. The molecule has 4 aromatic carbocycles. The highest BCUT2D eigenvalue weighted by Crippen LogP contribution is 2.36. The van der Waals surface area contributed by atoms with Crippen molar-refractivity contribution in [3.05, 3.63) is 94.0 Å². The molecule has 0 spiro atoms. The minimum atomic E-state index is 0.276. The first-order valence-electron chi connectivity index (χ1n) is 11.2. The lowest BCUT2D eigenvalue weighted by molar-refractivity contribution is 0.473. The van der Waals surface area contributed by atoms with E-state index in [1.54, 1.807) is 48.5 Å². The minimum absolute atomic E-state index is 0.276. The van der Waals surface area contributed by atoms with E-state index < -0.39 is 0 Å². The summed E-state index contributed by atoms with van der Waals surface area (Å²) in [4.78, 5) is 0. The van der Waals surface area contributed by atoms with Gasteiger partial charge in [-0.15, -0.1) is 0 Å². The summed E-state index contributed by atoms with van der Waals surface area (Å²) in [5.41, 5.74) is 10.7. The Morgan fingerprint density at radius 3 is 0.882 bits per heavy atom. The molecular formula is C30H32O4. The molecule has 0 aromatic heterocycles. The van der Waals surface area contributed by atoms with Crippen molar-refractivity contribution in [2.24, 2.45) is 0 Å². The van der Waals surface area contributed by atoms with Gasteiger partial charge in [-0.1, -0.05) is 12.1 Å². The van der Waals surface area contributed by atoms with Crippen LogP contribution in [0.5, 0.6) is 23.0 Å². The van der Waals surface area contributed by atoms with E-state index in [4.69, 9.17) is 0 Å². The maximum absolute atomic E-state index is 9.61. The molecule has 34 heavy (non-hydrogen) atoms. The average molecular weight is 457 g/mol. The average Bonchev–Trinajstić information content (AvgIpc) is 2.70. The molecule has 0 heterocycles. The van der Waals surface area contributed by atoms with E-state index in [2.05, 4.69) is 0 Å². The van der Waals surface area contributed by atoms with Crippen molar-refractivity contribution in [3.8, 4) is 45.3 Å². The zero-order valence-corrected chi connectivity index (χ0v) is 20.6. The molecular weight excluding hydrogens is 424 g/mol. The Morgan fingerprint density at radius 1 is 0.353 bits per heavy atom. The van der Waals surface area contributed by atoms with Gasteiger partial charge in [0.25, 0.3) is 0 Å². The summed E-state index contributed by atoms with van der Waals surface area (Å²) < 4.78 is 0. The van der Waals surface area contributed by atoms with Crippen LogP contribution in [0.2, 0.25) is 0 Å². The first-order chi connectivity index (χ1) is 16.0. The Hall–Kier alpha value is -3.92. The van der Waals surface area contributed by atoms with E-state index in [0.29, 0.717) is 11.5 Å². The van der Waals surface area contributed by atoms with Crippen molar-refractivity contribution < 1.29 is 20.4 Å². The highest BCUT2D eigenvalue weighted by Gasteiger charge is 2.13. The predicted octanol–water partition coefficient (Wildman–Crippen LogP) is 7.38. The number of aryl methyl sites for hydroxylation is 6. The summed E-state index contributed by atoms with van der Waals surface area (Å²) >= 11 is 0. The number of rotatable bonds is 2. The highest BCUT2D eigenvalue weighted by atomic mass is 16.3. The zero-order chi connectivity index (χ0) is 25.2. The van der Waals surface area contributed by atoms with Crippen LogP contribution in [-0.2, 0) is 0 Å². The van der Waals surface area contributed by atoms with Gasteiger partial charge in [-0.2, -0.15) is 0 Å². The topological polar surface area (TPSA) is 80.9 Å². The third-order valence-corrected chi connectivity index (χ3v) is 6.00. The quantitative estimate of drug-likeness (QED) is 0.254. The molecule has 0 unspecified atom stereocenters. The maximum atomic E-state index is 9.61. The fourth-order valence-electron chi connectivity index (χ4n) is 4.57. The van der Waals surface area contributed by atoms with Gasteiger partial charge in [-0.05, 0) is 146 Å². The summed E-state index contributed by atoms with van der Waals surface area (Å²) in [6.45, 7) is 11.9. The van der Waals surface area contributed by atoms with Crippen LogP contribution in [0.1, 0.15) is 33.4 Å². The van der Waals surface area contributed by atoms with Gasteiger partial charge < -0.3 is 20.4 Å². The van der Waals surface area contributed by atoms with Gasteiger partial charge in [-0.3, -0.25) is 0 Å². The summed E-state index contributed by atoms with van der Waals surface area (Å²) in [6.07, 6.45) is 0. The zero-order valence-electron chi connectivity index (χ0n) is 20.6. The number of phenols is 4. The molecule has 0 bridgehead atoms. The molecule has 176 valence electrons. The van der Waals surface area contributed by atoms with Crippen LogP contribution in [0, 0.1) is 41.5 Å². The number of hydrogen-bond donors (Lipinski definition) is 4. The lowest BCUT2D eigenvalue weighted by Gasteiger charge is -2.16. The summed E-state index contributed by atoms with van der Waals surface area (Å²) in [6, 6.07) is 17.7. The second-order valence-electron chi connectivity index (χ2n) is 8.91. The molecule has 0 aliphatic carbocycles. The molecule has 0 aliphatic rings. The van der Waals surface area contributed by atoms with Crippen LogP contribution in [0.15, 0.2) is 60.7 Å². The molecule has 4 rings (SSSR count). The third-order valence-electron chi connectivity index (χ3n) is 6.00. The molecule has 4 aromatic rings. The second-order valence-corrected chi connectivity index (χ2v) is 8.91. The maximum Gasteiger partial charge on any atom is 0.116 e. The molecule has 0 atom stereocenters. The van der Waals surface area contributed by atoms with E-state index in [1.165, 1.54) is 0 Å². The van der Waals surface area contributed by atoms with Crippen molar-refractivity contribution in [2.75, 3.05) is 0 Å². The third kappa shape index (κ3) is 5.34. The Kier molecular flexibility index (Phi) is 7.21. The fraction of sp³-hybridized carbons (Fsp3) is 0.200. The number of aromatic hydroxyl groups is 4. The lowest BCUT2D eigenvalue weighted by Crippen LogP contribution is -1.94. The molecule has 4 heteroatoms. The van der Waals surface area contributed by atoms with Crippen molar-refractivity contribution in [1.82, 2.24) is 0 Å². The molecule has 0 amide bonds. The smallest absolute Gasteiger partial charge is 0.116 e. The normalized spacial score (nSPS) is 10.5. The molecule has 4 N–H and O–H groups in total. The van der Waals surface area contributed by atoms with E-state index in [1.807, 2.05) is 53.7 Å². The molecule has 0 radical (unpaired) electrons. The van der Waals surface area contributed by atoms with Crippen molar-refractivity contribution in [1.29, 1.82) is 0 Å². The van der Waals surface area contributed by atoms with E-state index in [9.17, 15) is 20.4 Å². The van der Waals surface area contributed by atoms with Gasteiger partial charge in [0.2, 0.25) is 0 Å². The van der Waals surface area contributed by atoms with E-state index >= 15 is 0 Å². The Balaban J connectivity index is 0.000000192. The van der Waals surface area contributed by atoms with Crippen LogP contribution in [-0.4, -0.2) is 20.4 Å². The molecule has 4 nitrogen and oxygen atoms in total. The number of hydrogen-bond acceptors (Lipinski definition) is 4. The lowest BCUT2D eigenvalue weighted by atomic mass is 9.89. The van der Waals surface area contributed by atoms with E-state index in [-0.39, 0.29) is 11.5 Å². The molecule has 0 saturated carbocycles. The first kappa shape index (κ1) is 24.7. The van der Waals surface area contributed by atoms with Crippen molar-refractivity contribution >= 4 is 0 Å². The number of phenolic OH excluding ortho intramolecular Hbond substituents is 4. The van der Waals surface area contributed by atoms with Crippen LogP contribution < -0.4 is 0 Å². The molecule has 0 saturated heterocycles. The summed E-state index contributed by atoms with van der Waals surface area (Å²) in [5.74, 6) is 1.14. The van der Waals surface area contributed by atoms with Crippen molar-refractivity contribution in [3.63, 3.8) is 0 Å². The second kappa shape index (κ2) is 9.92. The monoisotopic (exact) mass is 456 g/mol. The standard InChI is InChI=1S/C16H18O2.C14H14O2/c1-9-5-13(17)6-10(2)15(9)16-11(3)7-14(18)8-12(16)4;1-9-7-11(15)3-5-13(9)14-6-4-12(16)8-10(14)2/h5-8,17-18H,1-4H3;3-8,15-16H,1-2H3. The SMILES string of the molecule is Cc1cc(O)cc(C)c1-c1c(C)cc(O)cc1C.Cc1cc(O)ccc1-c1ccc(O)cc1C. The van der Waals surface area contributed by atoms with Gasteiger partial charge in [-0.25, -0.2) is 0 Å². The van der Waals surface area contributed by atoms with Crippen LogP contribution in [0.4, 0.5) is 0 Å².